The van der Waals surface area contributed by atoms with E-state index in [-0.39, 0.29) is 33.7 Å². The van der Waals surface area contributed by atoms with Crippen LogP contribution >= 0.6 is 0 Å². The van der Waals surface area contributed by atoms with Crippen LogP contribution in [0.4, 0.5) is 0 Å². The molecule has 0 unspecified atom stereocenters. The smallest absolute Gasteiger partial charge is 0.297 e. The van der Waals surface area contributed by atoms with Gasteiger partial charge in [0.15, 0.2) is 23.8 Å². The quantitative estimate of drug-likeness (QED) is 0.0904. The second-order valence-corrected chi connectivity index (χ2v) is 18.5. The lowest BCUT2D eigenvalue weighted by Gasteiger charge is -2.13. The van der Waals surface area contributed by atoms with E-state index in [9.17, 15) is 30.0 Å². The zero-order valence-corrected chi connectivity index (χ0v) is 45.2. The van der Waals surface area contributed by atoms with E-state index in [1.807, 2.05) is 111 Å². The van der Waals surface area contributed by atoms with E-state index >= 15 is 0 Å². The van der Waals surface area contributed by atoms with Crippen molar-refractivity contribution in [1.82, 2.24) is 39.4 Å². The number of ether oxygens (including phenoxy) is 2. The van der Waals surface area contributed by atoms with Gasteiger partial charge < -0.3 is 80.8 Å². The van der Waals surface area contributed by atoms with Crippen LogP contribution in [0.15, 0.2) is 143 Å². The van der Waals surface area contributed by atoms with Gasteiger partial charge in [-0.15, -0.1) is 0 Å². The lowest BCUT2D eigenvalue weighted by atomic mass is 9.98. The Morgan fingerprint density at radius 2 is 0.817 bits per heavy atom. The summed E-state index contributed by atoms with van der Waals surface area (Å²) in [5.41, 5.74) is 8.72. The van der Waals surface area contributed by atoms with Crippen molar-refractivity contribution in [2.75, 3.05) is 65.6 Å². The van der Waals surface area contributed by atoms with Gasteiger partial charge in [-0.3, -0.25) is 9.13 Å². The third kappa shape index (κ3) is 14.6. The lowest BCUT2D eigenvalue weighted by molar-refractivity contribution is -0.787. The molecule has 12 rings (SSSR count). The van der Waals surface area contributed by atoms with E-state index < -0.39 is 24.1 Å². The molecule has 24 nitrogen and oxygen atoms in total. The van der Waals surface area contributed by atoms with Gasteiger partial charge in [0, 0.05) is 22.3 Å². The molecule has 0 atom stereocenters. The number of quaternary nitrogens is 4. The lowest BCUT2D eigenvalue weighted by Crippen LogP contribution is -3.04. The summed E-state index contributed by atoms with van der Waals surface area (Å²) in [6.45, 7) is 15.7. The van der Waals surface area contributed by atoms with E-state index in [2.05, 4.69) is 60.6 Å². The summed E-state index contributed by atoms with van der Waals surface area (Å²) in [7, 11) is 0. The van der Waals surface area contributed by atoms with Crippen molar-refractivity contribution in [2.45, 2.75) is 26.9 Å². The number of carbonyl (C=O) groups excluding carboxylic acids is 2. The minimum absolute atomic E-state index is 0. The maximum Gasteiger partial charge on any atom is 0.297 e. The number of aromatic nitrogens is 8. The Bertz CT molecular complexity index is 3400. The molecule has 24 heteroatoms. The number of imidazole rings is 2. The molecule has 6 heterocycles. The van der Waals surface area contributed by atoms with Crippen LogP contribution in [0.25, 0.3) is 67.1 Å². The van der Waals surface area contributed by atoms with Gasteiger partial charge in [-0.2, -0.15) is 20.3 Å². The largest absolute Gasteiger partial charge is 0.545 e. The van der Waals surface area contributed by atoms with Crippen molar-refractivity contribution in [3.05, 3.63) is 156 Å². The average molecular weight is 1120 g/mol. The summed E-state index contributed by atoms with van der Waals surface area (Å²) < 4.78 is 24.0. The fraction of sp³-hybridized carbons (Fsp3) is 0.241. The number of hydrogen-bond acceptors (Lipinski definition) is 16. The fourth-order valence-corrected chi connectivity index (χ4v) is 9.39. The van der Waals surface area contributed by atoms with E-state index in [1.54, 1.807) is 33.4 Å². The minimum atomic E-state index is -1.27. The second kappa shape index (κ2) is 29.1. The van der Waals surface area contributed by atoms with Crippen LogP contribution in [0.2, 0.25) is 0 Å². The van der Waals surface area contributed by atoms with E-state index in [1.165, 1.54) is 64.5 Å². The van der Waals surface area contributed by atoms with Crippen molar-refractivity contribution in [3.8, 4) is 69.2 Å². The molecule has 0 aliphatic carbocycles. The number of carboxylic acids is 2. The molecule has 2 fully saturated rings. The Kier molecular flexibility index (Phi) is 21.3. The molecule has 0 spiro atoms. The molecule has 428 valence electrons. The molecule has 0 amide bonds. The molecule has 2 aliphatic heterocycles. The first-order valence-corrected chi connectivity index (χ1v) is 26.4. The number of benzene rings is 6. The molecular formula is C58H64N12O12. The average Bonchev–Trinajstić information content (AvgIpc) is 4.31. The van der Waals surface area contributed by atoms with E-state index in [0.29, 0.717) is 71.5 Å². The van der Waals surface area contributed by atoms with Crippen LogP contribution in [0.3, 0.4) is 0 Å². The fourth-order valence-electron chi connectivity index (χ4n) is 9.39. The third-order valence-corrected chi connectivity index (χ3v) is 13.1. The number of piperazine rings is 2. The number of nitrogens with zero attached hydrogens (tertiary/aromatic N) is 8. The SMILES string of the molecule is C1C[NH2+]CC[NH2+]1.C1C[NH2+]CC[NH2+]1.CCOc1nc2cccc(C(=O)[O-])c2n1Cc1ccc(-c2ccccc2-c2noc([O-])n2)cc1.CCOc1nc2cccc(C(=O)[O-])c2n1Cc1ccc(-c2ccccc2-c2noc([O-])n2)cc1.O.O. The predicted octanol–water partition coefficient (Wildman–Crippen LogP) is -2.12. The molecule has 4 aromatic heterocycles. The highest BCUT2D eigenvalue weighted by molar-refractivity contribution is 6.01. The van der Waals surface area contributed by atoms with Crippen LogP contribution < -0.4 is 51.2 Å². The number of carboxylic acid groups (broad SMARTS) is 2. The van der Waals surface area contributed by atoms with Gasteiger partial charge >= 0.3 is 0 Å². The molecule has 2 aliphatic rings. The van der Waals surface area contributed by atoms with Crippen molar-refractivity contribution < 1.29 is 80.8 Å². The Morgan fingerprint density at radius 3 is 1.11 bits per heavy atom. The maximum absolute atomic E-state index is 11.7. The van der Waals surface area contributed by atoms with Crippen LogP contribution in [-0.4, -0.2) is 128 Å². The first-order chi connectivity index (χ1) is 39.1. The van der Waals surface area contributed by atoms with Gasteiger partial charge in [0.1, 0.15) is 52.4 Å². The van der Waals surface area contributed by atoms with Crippen LogP contribution in [0, 0.1) is 0 Å². The van der Waals surface area contributed by atoms with Crippen molar-refractivity contribution in [2.24, 2.45) is 0 Å². The summed E-state index contributed by atoms with van der Waals surface area (Å²) in [4.78, 5) is 39.9. The van der Waals surface area contributed by atoms with Gasteiger partial charge in [-0.1, -0.05) is 121 Å². The zero-order chi connectivity index (χ0) is 55.8. The summed E-state index contributed by atoms with van der Waals surface area (Å²) >= 11 is 0. The van der Waals surface area contributed by atoms with Gasteiger partial charge in [-0.25, -0.2) is 9.97 Å². The van der Waals surface area contributed by atoms with Crippen molar-refractivity contribution in [1.29, 1.82) is 0 Å². The first kappa shape index (κ1) is 60.1. The number of rotatable bonds is 14. The third-order valence-electron chi connectivity index (χ3n) is 13.1. The highest BCUT2D eigenvalue weighted by atomic mass is 16.6. The predicted molar refractivity (Wildman–Crippen MR) is 292 cm³/mol. The topological polar surface area (TPSA) is 388 Å². The number of fused-ring (bicyclic) bond motifs is 2. The van der Waals surface area contributed by atoms with Crippen LogP contribution in [0.5, 0.6) is 24.2 Å². The van der Waals surface area contributed by atoms with Gasteiger partial charge in [0.05, 0.1) is 60.3 Å². The maximum atomic E-state index is 11.7. The molecule has 0 bridgehead atoms. The summed E-state index contributed by atoms with van der Waals surface area (Å²) in [5, 5.41) is 63.0. The molecule has 82 heavy (non-hydrogen) atoms. The van der Waals surface area contributed by atoms with Gasteiger partial charge in [0.2, 0.25) is 0 Å². The van der Waals surface area contributed by atoms with Gasteiger partial charge in [-0.05, 0) is 59.4 Å². The number of hydrogen-bond donors (Lipinski definition) is 4. The highest BCUT2D eigenvalue weighted by Gasteiger charge is 2.19. The number of aromatic carboxylic acids is 2. The molecular weight excluding hydrogens is 1060 g/mol. The molecule has 2 saturated heterocycles. The molecule has 0 radical (unpaired) electrons. The summed E-state index contributed by atoms with van der Waals surface area (Å²) in [6.07, 6.45) is -1.48. The first-order valence-electron chi connectivity index (χ1n) is 26.4. The van der Waals surface area contributed by atoms with Crippen LogP contribution in [0.1, 0.15) is 45.7 Å². The Balaban J connectivity index is 0.000000192. The standard InChI is InChI=1S/2C25H20N4O5.2C4H10N2.2H2O/c2*1-2-33-24-26-20-9-5-8-19(23(30)31)21(20)29(24)14-15-10-12-16(13-11-15)17-6-3-4-7-18(17)22-27-25(32)34-28-22;2*1-2-6-4-3-5-1;;/h2*3-13H,2,14H2,1H3,(H,30,31)(H,27,28,32);2*5-6H,1-4H2;2*1H2. The minimum Gasteiger partial charge on any atom is -0.545 e. The molecule has 0 saturated carbocycles. The van der Waals surface area contributed by atoms with Crippen molar-refractivity contribution >= 4 is 34.0 Å². The number of para-hydroxylation sites is 2. The molecule has 10 aromatic rings. The van der Waals surface area contributed by atoms with E-state index in [4.69, 9.17) is 9.47 Å². The molecule has 6 aromatic carbocycles. The van der Waals surface area contributed by atoms with Crippen molar-refractivity contribution in [3.63, 3.8) is 0 Å². The second-order valence-electron chi connectivity index (χ2n) is 18.5. The monoisotopic (exact) mass is 1120 g/mol. The summed E-state index contributed by atoms with van der Waals surface area (Å²) in [6, 6.07) is 40.8. The normalized spacial score (nSPS) is 12.7. The molecule has 12 N–H and O–H groups in total. The Labute approximate surface area is 470 Å². The summed E-state index contributed by atoms with van der Waals surface area (Å²) in [5.74, 6) is -2.09. The number of nitrogens with two attached hydrogens (primary N) is 4. The highest BCUT2D eigenvalue weighted by Crippen LogP contribution is 2.34. The Morgan fingerprint density at radius 1 is 0.476 bits per heavy atom. The Hall–Kier alpha value is -9.56. The zero-order valence-electron chi connectivity index (χ0n) is 45.2. The van der Waals surface area contributed by atoms with E-state index in [0.717, 1.165) is 33.4 Å². The number of carbonyl (C=O) groups is 2. The van der Waals surface area contributed by atoms with Crippen LogP contribution in [-0.2, 0) is 13.1 Å². The van der Waals surface area contributed by atoms with Gasteiger partial charge in [0.25, 0.3) is 12.0 Å².